The molecule has 3 N–H and O–H groups in total. The van der Waals surface area contributed by atoms with Gasteiger partial charge in [0, 0.05) is 30.4 Å². The van der Waals surface area contributed by atoms with Crippen molar-refractivity contribution in [1.82, 2.24) is 20.2 Å². The highest BCUT2D eigenvalue weighted by atomic mass is 35.5. The maximum Gasteiger partial charge on any atom is 0.183 e. The van der Waals surface area contributed by atoms with Gasteiger partial charge in [0.2, 0.25) is 0 Å². The maximum absolute atomic E-state index is 14.3. The van der Waals surface area contributed by atoms with Crippen molar-refractivity contribution in [2.75, 3.05) is 24.5 Å². The molecule has 4 rings (SSSR count). The van der Waals surface area contributed by atoms with Gasteiger partial charge in [0.1, 0.15) is 0 Å². The van der Waals surface area contributed by atoms with Crippen LogP contribution in [0.5, 0.6) is 0 Å². The number of piperidine rings is 1. The Morgan fingerprint density at radius 1 is 1.19 bits per heavy atom. The minimum atomic E-state index is -0.385. The van der Waals surface area contributed by atoms with Gasteiger partial charge in [-0.05, 0) is 37.4 Å². The number of nitrogens with one attached hydrogen (secondary N) is 1. The minimum absolute atomic E-state index is 0. The van der Waals surface area contributed by atoms with Crippen molar-refractivity contribution in [2.45, 2.75) is 12.8 Å². The van der Waals surface area contributed by atoms with E-state index in [4.69, 9.17) is 5.73 Å². The summed E-state index contributed by atoms with van der Waals surface area (Å²) >= 11 is 0. The van der Waals surface area contributed by atoms with Gasteiger partial charge in [-0.2, -0.15) is 5.10 Å². The molecule has 0 radical (unpaired) electrons. The molecule has 0 atom stereocenters. The molecular weight excluding hydrogens is 367 g/mol. The van der Waals surface area contributed by atoms with Crippen LogP contribution >= 0.6 is 12.4 Å². The van der Waals surface area contributed by atoms with E-state index in [1.807, 2.05) is 35.2 Å². The average molecular weight is 389 g/mol. The van der Waals surface area contributed by atoms with E-state index in [-0.39, 0.29) is 18.2 Å². The standard InChI is InChI=1S/C19H21FN6.ClH/c20-16-12-22-18(24-19(16)26-8-5-13(11-21)6-9-26)15-3-1-2-14(10-15)17-4-7-23-25-17;/h1-4,7,10,12-13H,5-6,8-9,11,21H2,(H,23,25);1H. The van der Waals surface area contributed by atoms with Gasteiger partial charge in [-0.25, -0.2) is 14.4 Å². The Labute approximate surface area is 163 Å². The van der Waals surface area contributed by atoms with Crippen LogP contribution in [0.2, 0.25) is 0 Å². The number of aromatic amines is 1. The van der Waals surface area contributed by atoms with Crippen molar-refractivity contribution < 1.29 is 4.39 Å². The van der Waals surface area contributed by atoms with Gasteiger partial charge in [0.15, 0.2) is 17.5 Å². The van der Waals surface area contributed by atoms with Gasteiger partial charge in [-0.1, -0.05) is 18.2 Å². The van der Waals surface area contributed by atoms with Crippen molar-refractivity contribution in [1.29, 1.82) is 0 Å². The molecule has 0 unspecified atom stereocenters. The number of hydrogen-bond donors (Lipinski definition) is 2. The van der Waals surface area contributed by atoms with E-state index in [0.29, 0.717) is 24.1 Å². The number of rotatable bonds is 4. The molecule has 1 aliphatic heterocycles. The number of halogens is 2. The lowest BCUT2D eigenvalue weighted by Gasteiger charge is -2.32. The monoisotopic (exact) mass is 388 g/mol. The predicted molar refractivity (Wildman–Crippen MR) is 106 cm³/mol. The first-order chi connectivity index (χ1) is 12.7. The van der Waals surface area contributed by atoms with Crippen molar-refractivity contribution in [3.8, 4) is 22.6 Å². The first-order valence-corrected chi connectivity index (χ1v) is 8.82. The zero-order valence-corrected chi connectivity index (χ0v) is 15.6. The molecule has 0 spiro atoms. The summed E-state index contributed by atoms with van der Waals surface area (Å²) in [7, 11) is 0. The third kappa shape index (κ3) is 4.09. The van der Waals surface area contributed by atoms with E-state index >= 15 is 0 Å². The number of benzene rings is 1. The van der Waals surface area contributed by atoms with Crippen molar-refractivity contribution in [2.24, 2.45) is 11.7 Å². The molecule has 2 aromatic heterocycles. The summed E-state index contributed by atoms with van der Waals surface area (Å²) in [5.41, 5.74) is 8.49. The summed E-state index contributed by atoms with van der Waals surface area (Å²) in [4.78, 5) is 10.7. The number of nitrogens with zero attached hydrogens (tertiary/aromatic N) is 4. The molecule has 27 heavy (non-hydrogen) atoms. The SMILES string of the molecule is Cl.NCC1CCN(c2nc(-c3cccc(-c4ccn[nH]4)c3)ncc2F)CC1. The highest BCUT2D eigenvalue weighted by Gasteiger charge is 2.22. The second kappa shape index (κ2) is 8.45. The lowest BCUT2D eigenvalue weighted by Crippen LogP contribution is -2.37. The zero-order valence-electron chi connectivity index (χ0n) is 14.8. The fraction of sp³-hybridized carbons (Fsp3) is 0.316. The highest BCUT2D eigenvalue weighted by molar-refractivity contribution is 5.85. The van der Waals surface area contributed by atoms with E-state index in [1.54, 1.807) is 6.20 Å². The quantitative estimate of drug-likeness (QED) is 0.716. The predicted octanol–water partition coefficient (Wildman–Crippen LogP) is 3.27. The Bertz CT molecular complexity index is 878. The first kappa shape index (κ1) is 19.3. The lowest BCUT2D eigenvalue weighted by molar-refractivity contribution is 0.409. The summed E-state index contributed by atoms with van der Waals surface area (Å²) in [5, 5.41) is 6.92. The highest BCUT2D eigenvalue weighted by Crippen LogP contribution is 2.27. The van der Waals surface area contributed by atoms with Crippen LogP contribution in [0.3, 0.4) is 0 Å². The Balaban J connectivity index is 0.00000210. The van der Waals surface area contributed by atoms with E-state index < -0.39 is 0 Å². The molecule has 142 valence electrons. The number of H-pyrrole nitrogens is 1. The average Bonchev–Trinajstić information content (AvgIpc) is 3.23. The molecule has 6 nitrogen and oxygen atoms in total. The van der Waals surface area contributed by atoms with Crippen LogP contribution < -0.4 is 10.6 Å². The molecule has 0 saturated carbocycles. The first-order valence-electron chi connectivity index (χ1n) is 8.82. The smallest absolute Gasteiger partial charge is 0.183 e. The number of nitrogens with two attached hydrogens (primary N) is 1. The number of aromatic nitrogens is 4. The van der Waals surface area contributed by atoms with Crippen LogP contribution in [0.25, 0.3) is 22.6 Å². The largest absolute Gasteiger partial charge is 0.354 e. The molecule has 3 aromatic rings. The van der Waals surface area contributed by atoms with E-state index in [1.165, 1.54) is 6.20 Å². The van der Waals surface area contributed by atoms with Crippen LogP contribution in [-0.2, 0) is 0 Å². The Morgan fingerprint density at radius 3 is 2.67 bits per heavy atom. The summed E-state index contributed by atoms with van der Waals surface area (Å²) in [6.45, 7) is 2.22. The van der Waals surface area contributed by atoms with Gasteiger partial charge < -0.3 is 10.6 Å². The van der Waals surface area contributed by atoms with Gasteiger partial charge in [-0.15, -0.1) is 12.4 Å². The second-order valence-corrected chi connectivity index (χ2v) is 6.58. The minimum Gasteiger partial charge on any atom is -0.354 e. The van der Waals surface area contributed by atoms with Crippen LogP contribution in [-0.4, -0.2) is 39.8 Å². The third-order valence-corrected chi connectivity index (χ3v) is 4.91. The molecule has 0 amide bonds. The fourth-order valence-corrected chi connectivity index (χ4v) is 3.34. The van der Waals surface area contributed by atoms with E-state index in [9.17, 15) is 4.39 Å². The van der Waals surface area contributed by atoms with E-state index in [0.717, 1.165) is 42.8 Å². The fourth-order valence-electron chi connectivity index (χ4n) is 3.34. The summed E-state index contributed by atoms with van der Waals surface area (Å²) in [5.74, 6) is 1.02. The zero-order chi connectivity index (χ0) is 17.9. The molecule has 1 aliphatic rings. The Kier molecular flexibility index (Phi) is 6.03. The molecule has 1 fully saturated rings. The number of hydrogen-bond acceptors (Lipinski definition) is 5. The number of anilines is 1. The molecule has 3 heterocycles. The van der Waals surface area contributed by atoms with Crippen LogP contribution in [0.4, 0.5) is 10.2 Å². The van der Waals surface area contributed by atoms with Gasteiger partial charge in [0.25, 0.3) is 0 Å². The third-order valence-electron chi connectivity index (χ3n) is 4.91. The lowest BCUT2D eigenvalue weighted by atomic mass is 9.97. The molecule has 1 aromatic carbocycles. The summed E-state index contributed by atoms with van der Waals surface area (Å²) in [6, 6.07) is 9.73. The topological polar surface area (TPSA) is 83.7 Å². The molecular formula is C19H22ClFN6. The molecule has 1 saturated heterocycles. The van der Waals surface area contributed by atoms with Gasteiger partial charge >= 0.3 is 0 Å². The van der Waals surface area contributed by atoms with Crippen LogP contribution in [0, 0.1) is 11.7 Å². The van der Waals surface area contributed by atoms with Crippen LogP contribution in [0.1, 0.15) is 12.8 Å². The van der Waals surface area contributed by atoms with Crippen LogP contribution in [0.15, 0.2) is 42.7 Å². The van der Waals surface area contributed by atoms with Crippen molar-refractivity contribution in [3.63, 3.8) is 0 Å². The maximum atomic E-state index is 14.3. The van der Waals surface area contributed by atoms with Crippen molar-refractivity contribution in [3.05, 3.63) is 48.5 Å². The molecule has 0 bridgehead atoms. The Hall–Kier alpha value is -2.51. The van der Waals surface area contributed by atoms with E-state index in [2.05, 4.69) is 20.2 Å². The van der Waals surface area contributed by atoms with Gasteiger partial charge in [0.05, 0.1) is 11.9 Å². The molecule has 0 aliphatic carbocycles. The van der Waals surface area contributed by atoms with Gasteiger partial charge in [-0.3, -0.25) is 5.10 Å². The molecule has 8 heteroatoms. The summed E-state index contributed by atoms with van der Waals surface area (Å²) in [6.07, 6.45) is 4.89. The normalized spacial score (nSPS) is 14.8. The van der Waals surface area contributed by atoms with Crippen molar-refractivity contribution >= 4 is 18.2 Å². The second-order valence-electron chi connectivity index (χ2n) is 6.58. The summed E-state index contributed by atoms with van der Waals surface area (Å²) < 4.78 is 14.3. The Morgan fingerprint density at radius 2 is 1.96 bits per heavy atom.